The number of aromatic nitrogens is 1. The summed E-state index contributed by atoms with van der Waals surface area (Å²) in [7, 11) is 0. The SMILES string of the molecule is Cc1ccnc(NC(=O)CCc2ccc3ccccc3c2)c1. The molecule has 3 rings (SSSR count). The fourth-order valence-corrected chi connectivity index (χ4v) is 2.46. The first kappa shape index (κ1) is 14.3. The van der Waals surface area contributed by atoms with Crippen LogP contribution in [-0.2, 0) is 11.2 Å². The van der Waals surface area contributed by atoms with Crippen LogP contribution in [-0.4, -0.2) is 10.9 Å². The molecule has 3 aromatic rings. The molecule has 110 valence electrons. The summed E-state index contributed by atoms with van der Waals surface area (Å²) in [5.74, 6) is 0.606. The van der Waals surface area contributed by atoms with Crippen LogP contribution in [0.1, 0.15) is 17.5 Å². The van der Waals surface area contributed by atoms with Gasteiger partial charge in [-0.2, -0.15) is 0 Å². The van der Waals surface area contributed by atoms with E-state index in [0.29, 0.717) is 12.2 Å². The summed E-state index contributed by atoms with van der Waals surface area (Å²) < 4.78 is 0. The molecule has 2 aromatic carbocycles. The van der Waals surface area contributed by atoms with Crippen LogP contribution in [0.4, 0.5) is 5.82 Å². The Morgan fingerprint density at radius 2 is 1.86 bits per heavy atom. The van der Waals surface area contributed by atoms with Crippen molar-refractivity contribution < 1.29 is 4.79 Å². The lowest BCUT2D eigenvalue weighted by Gasteiger charge is -2.06. The van der Waals surface area contributed by atoms with Gasteiger partial charge >= 0.3 is 0 Å². The molecule has 0 saturated heterocycles. The van der Waals surface area contributed by atoms with E-state index in [1.54, 1.807) is 6.20 Å². The van der Waals surface area contributed by atoms with Gasteiger partial charge in [-0.1, -0.05) is 42.5 Å². The van der Waals surface area contributed by atoms with Gasteiger partial charge in [0, 0.05) is 12.6 Å². The van der Waals surface area contributed by atoms with Gasteiger partial charge in [0.15, 0.2) is 0 Å². The number of benzene rings is 2. The predicted octanol–water partition coefficient (Wildman–Crippen LogP) is 4.11. The third kappa shape index (κ3) is 3.50. The number of fused-ring (bicyclic) bond motifs is 1. The molecule has 1 N–H and O–H groups in total. The Balaban J connectivity index is 1.62. The van der Waals surface area contributed by atoms with Crippen molar-refractivity contribution in [3.63, 3.8) is 0 Å². The second-order valence-corrected chi connectivity index (χ2v) is 5.45. The topological polar surface area (TPSA) is 42.0 Å². The Kier molecular flexibility index (Phi) is 4.15. The van der Waals surface area contributed by atoms with Gasteiger partial charge in [0.2, 0.25) is 5.91 Å². The van der Waals surface area contributed by atoms with Gasteiger partial charge in [-0.3, -0.25) is 4.79 Å². The molecular formula is C19H18N2O. The second-order valence-electron chi connectivity index (χ2n) is 5.45. The van der Waals surface area contributed by atoms with Crippen LogP contribution < -0.4 is 5.32 Å². The highest BCUT2D eigenvalue weighted by Gasteiger charge is 2.05. The van der Waals surface area contributed by atoms with Crippen molar-refractivity contribution in [3.8, 4) is 0 Å². The van der Waals surface area contributed by atoms with Crippen molar-refractivity contribution in [1.82, 2.24) is 4.98 Å². The molecule has 0 saturated carbocycles. The Labute approximate surface area is 130 Å². The maximum atomic E-state index is 12.0. The maximum Gasteiger partial charge on any atom is 0.225 e. The van der Waals surface area contributed by atoms with E-state index in [-0.39, 0.29) is 5.91 Å². The first-order chi connectivity index (χ1) is 10.7. The molecule has 0 aliphatic rings. The fourth-order valence-electron chi connectivity index (χ4n) is 2.46. The molecule has 0 fully saturated rings. The largest absolute Gasteiger partial charge is 0.311 e. The van der Waals surface area contributed by atoms with E-state index in [0.717, 1.165) is 12.0 Å². The van der Waals surface area contributed by atoms with E-state index in [1.165, 1.54) is 16.3 Å². The average Bonchev–Trinajstić information content (AvgIpc) is 2.53. The molecule has 1 amide bonds. The van der Waals surface area contributed by atoms with Gasteiger partial charge in [-0.15, -0.1) is 0 Å². The quantitative estimate of drug-likeness (QED) is 0.785. The third-order valence-electron chi connectivity index (χ3n) is 3.64. The Hall–Kier alpha value is -2.68. The molecule has 0 aliphatic heterocycles. The highest BCUT2D eigenvalue weighted by Crippen LogP contribution is 2.16. The number of carbonyl (C=O) groups excluding carboxylic acids is 1. The van der Waals surface area contributed by atoms with Crippen molar-refractivity contribution in [2.75, 3.05) is 5.32 Å². The van der Waals surface area contributed by atoms with Crippen LogP contribution in [0.5, 0.6) is 0 Å². The van der Waals surface area contributed by atoms with Crippen molar-refractivity contribution in [2.24, 2.45) is 0 Å². The first-order valence-corrected chi connectivity index (χ1v) is 7.41. The van der Waals surface area contributed by atoms with Crippen molar-refractivity contribution >= 4 is 22.5 Å². The van der Waals surface area contributed by atoms with Gasteiger partial charge in [0.05, 0.1) is 0 Å². The normalized spacial score (nSPS) is 10.6. The molecule has 1 heterocycles. The Morgan fingerprint density at radius 3 is 2.68 bits per heavy atom. The van der Waals surface area contributed by atoms with E-state index in [2.05, 4.69) is 40.6 Å². The molecule has 3 heteroatoms. The molecule has 1 aromatic heterocycles. The molecule has 0 unspecified atom stereocenters. The molecule has 0 aliphatic carbocycles. The monoisotopic (exact) mass is 290 g/mol. The lowest BCUT2D eigenvalue weighted by Crippen LogP contribution is -2.13. The smallest absolute Gasteiger partial charge is 0.225 e. The Bertz CT molecular complexity index is 811. The number of hydrogen-bond acceptors (Lipinski definition) is 2. The minimum absolute atomic E-state index is 0.00809. The van der Waals surface area contributed by atoms with Crippen LogP contribution in [0.2, 0.25) is 0 Å². The van der Waals surface area contributed by atoms with Gasteiger partial charge in [-0.05, 0) is 47.4 Å². The van der Waals surface area contributed by atoms with Crippen LogP contribution in [0, 0.1) is 6.92 Å². The van der Waals surface area contributed by atoms with Crippen molar-refractivity contribution in [3.05, 3.63) is 71.9 Å². The molecule has 22 heavy (non-hydrogen) atoms. The van der Waals surface area contributed by atoms with Gasteiger partial charge in [0.25, 0.3) is 0 Å². The second kappa shape index (κ2) is 6.39. The number of rotatable bonds is 4. The highest BCUT2D eigenvalue weighted by atomic mass is 16.1. The molecule has 0 spiro atoms. The number of pyridine rings is 1. The van der Waals surface area contributed by atoms with Crippen molar-refractivity contribution in [2.45, 2.75) is 19.8 Å². The summed E-state index contributed by atoms with van der Waals surface area (Å²) in [5, 5.41) is 5.27. The standard InChI is InChI=1S/C19H18N2O/c1-14-10-11-20-18(12-14)21-19(22)9-7-15-6-8-16-4-2-3-5-17(16)13-15/h2-6,8,10-13H,7,9H2,1H3,(H,20,21,22). The average molecular weight is 290 g/mol. The number of hydrogen-bond donors (Lipinski definition) is 1. The van der Waals surface area contributed by atoms with E-state index >= 15 is 0 Å². The van der Waals surface area contributed by atoms with Gasteiger partial charge in [0.1, 0.15) is 5.82 Å². The molecule has 0 radical (unpaired) electrons. The van der Waals surface area contributed by atoms with Crippen LogP contribution in [0.3, 0.4) is 0 Å². The van der Waals surface area contributed by atoms with E-state index in [4.69, 9.17) is 0 Å². The summed E-state index contributed by atoms with van der Waals surface area (Å²) >= 11 is 0. The van der Waals surface area contributed by atoms with E-state index in [1.807, 2.05) is 31.2 Å². The zero-order valence-corrected chi connectivity index (χ0v) is 12.5. The van der Waals surface area contributed by atoms with Crippen molar-refractivity contribution in [1.29, 1.82) is 0 Å². The minimum atomic E-state index is -0.00809. The van der Waals surface area contributed by atoms with Crippen LogP contribution in [0.25, 0.3) is 10.8 Å². The summed E-state index contributed by atoms with van der Waals surface area (Å²) in [4.78, 5) is 16.2. The number of amides is 1. The van der Waals surface area contributed by atoms with Crippen LogP contribution >= 0.6 is 0 Å². The Morgan fingerprint density at radius 1 is 1.05 bits per heavy atom. The number of nitrogens with one attached hydrogen (secondary N) is 1. The highest BCUT2D eigenvalue weighted by molar-refractivity contribution is 5.90. The fraction of sp³-hybridized carbons (Fsp3) is 0.158. The predicted molar refractivity (Wildman–Crippen MR) is 89.9 cm³/mol. The zero-order valence-electron chi connectivity index (χ0n) is 12.5. The van der Waals surface area contributed by atoms with Gasteiger partial charge in [-0.25, -0.2) is 4.98 Å². The van der Waals surface area contributed by atoms with E-state index < -0.39 is 0 Å². The lowest BCUT2D eigenvalue weighted by atomic mass is 10.0. The van der Waals surface area contributed by atoms with E-state index in [9.17, 15) is 4.79 Å². The summed E-state index contributed by atoms with van der Waals surface area (Å²) in [5.41, 5.74) is 2.26. The number of nitrogens with zero attached hydrogens (tertiary/aromatic N) is 1. The minimum Gasteiger partial charge on any atom is -0.311 e. The molecular weight excluding hydrogens is 272 g/mol. The molecule has 0 bridgehead atoms. The van der Waals surface area contributed by atoms with Gasteiger partial charge < -0.3 is 5.32 Å². The van der Waals surface area contributed by atoms with Crippen LogP contribution in [0.15, 0.2) is 60.8 Å². The summed E-state index contributed by atoms with van der Waals surface area (Å²) in [6, 6.07) is 18.4. The summed E-state index contributed by atoms with van der Waals surface area (Å²) in [6.07, 6.45) is 2.88. The molecule has 3 nitrogen and oxygen atoms in total. The lowest BCUT2D eigenvalue weighted by molar-refractivity contribution is -0.116. The number of aryl methyl sites for hydroxylation is 2. The maximum absolute atomic E-state index is 12.0. The third-order valence-corrected chi connectivity index (χ3v) is 3.64. The first-order valence-electron chi connectivity index (χ1n) is 7.41. The summed E-state index contributed by atoms with van der Waals surface area (Å²) in [6.45, 7) is 1.98. The number of anilines is 1. The zero-order chi connectivity index (χ0) is 15.4. The molecule has 0 atom stereocenters. The number of carbonyl (C=O) groups is 1.